The molecule has 4 heteroatoms. The molecule has 1 saturated heterocycles. The van der Waals surface area contributed by atoms with Crippen LogP contribution in [0.15, 0.2) is 30.3 Å². The SMILES string of the molecule is C[C@@H]1CC(C(O)C(=O)O)C[C@H](C)N1Cc1ccccc1. The predicted molar refractivity (Wildman–Crippen MR) is 77.3 cm³/mol. The van der Waals surface area contributed by atoms with Gasteiger partial charge in [-0.1, -0.05) is 30.3 Å². The van der Waals surface area contributed by atoms with E-state index < -0.39 is 12.1 Å². The lowest BCUT2D eigenvalue weighted by molar-refractivity contribution is -0.151. The second kappa shape index (κ2) is 6.37. The Morgan fingerprint density at radius 1 is 1.25 bits per heavy atom. The van der Waals surface area contributed by atoms with Gasteiger partial charge in [-0.25, -0.2) is 4.79 Å². The molecule has 0 bridgehead atoms. The van der Waals surface area contributed by atoms with Crippen LogP contribution in [-0.4, -0.2) is 39.3 Å². The molecule has 0 aromatic heterocycles. The third kappa shape index (κ3) is 3.38. The maximum Gasteiger partial charge on any atom is 0.332 e. The van der Waals surface area contributed by atoms with Crippen LogP contribution >= 0.6 is 0 Å². The quantitative estimate of drug-likeness (QED) is 0.885. The lowest BCUT2D eigenvalue weighted by Gasteiger charge is -2.43. The standard InChI is InChI=1S/C16H23NO3/c1-11-8-14(15(18)16(19)20)9-12(2)17(11)10-13-6-4-3-5-7-13/h3-7,11-12,14-15,18H,8-10H2,1-2H3,(H,19,20)/t11-,12+,14?,15?. The van der Waals surface area contributed by atoms with Crippen LogP contribution in [0.25, 0.3) is 0 Å². The van der Waals surface area contributed by atoms with E-state index in [4.69, 9.17) is 5.11 Å². The first-order valence-electron chi connectivity index (χ1n) is 7.19. The molecule has 1 heterocycles. The molecule has 1 aliphatic rings. The van der Waals surface area contributed by atoms with Crippen LogP contribution in [0.5, 0.6) is 0 Å². The zero-order chi connectivity index (χ0) is 14.7. The average Bonchev–Trinajstić information content (AvgIpc) is 2.42. The summed E-state index contributed by atoms with van der Waals surface area (Å²) in [5, 5.41) is 18.7. The highest BCUT2D eigenvalue weighted by atomic mass is 16.4. The number of hydrogen-bond donors (Lipinski definition) is 2. The Hall–Kier alpha value is -1.39. The van der Waals surface area contributed by atoms with Crippen LogP contribution in [0, 0.1) is 5.92 Å². The molecule has 0 saturated carbocycles. The first-order chi connectivity index (χ1) is 9.49. The zero-order valence-corrected chi connectivity index (χ0v) is 12.1. The van der Waals surface area contributed by atoms with Crippen LogP contribution in [-0.2, 0) is 11.3 Å². The van der Waals surface area contributed by atoms with Crippen molar-refractivity contribution in [3.8, 4) is 0 Å². The van der Waals surface area contributed by atoms with E-state index in [-0.39, 0.29) is 18.0 Å². The number of aliphatic hydroxyl groups is 1. The van der Waals surface area contributed by atoms with Crippen LogP contribution in [0.4, 0.5) is 0 Å². The summed E-state index contributed by atoms with van der Waals surface area (Å²) < 4.78 is 0. The Morgan fingerprint density at radius 2 is 1.80 bits per heavy atom. The van der Waals surface area contributed by atoms with Crippen molar-refractivity contribution in [1.29, 1.82) is 0 Å². The lowest BCUT2D eigenvalue weighted by atomic mass is 9.83. The molecule has 0 radical (unpaired) electrons. The molecule has 0 aliphatic carbocycles. The molecule has 2 rings (SSSR count). The van der Waals surface area contributed by atoms with Crippen molar-refractivity contribution in [3.63, 3.8) is 0 Å². The summed E-state index contributed by atoms with van der Waals surface area (Å²) in [5.74, 6) is -1.25. The third-order valence-electron chi connectivity index (χ3n) is 4.33. The van der Waals surface area contributed by atoms with Gasteiger partial charge in [0, 0.05) is 18.6 Å². The maximum atomic E-state index is 10.9. The van der Waals surface area contributed by atoms with Gasteiger partial charge in [0.2, 0.25) is 0 Å². The Kier molecular flexibility index (Phi) is 4.78. The molecule has 110 valence electrons. The minimum Gasteiger partial charge on any atom is -0.479 e. The number of carboxylic acids is 1. The van der Waals surface area contributed by atoms with E-state index in [9.17, 15) is 9.90 Å². The highest BCUT2D eigenvalue weighted by Crippen LogP contribution is 2.31. The number of carbonyl (C=O) groups is 1. The Labute approximate surface area is 120 Å². The summed E-state index contributed by atoms with van der Waals surface area (Å²) in [6.07, 6.45) is 0.216. The van der Waals surface area contributed by atoms with Crippen molar-refractivity contribution < 1.29 is 15.0 Å². The van der Waals surface area contributed by atoms with E-state index in [1.807, 2.05) is 18.2 Å². The molecule has 1 aromatic rings. The molecule has 1 aliphatic heterocycles. The minimum absolute atomic E-state index is 0.149. The summed E-state index contributed by atoms with van der Waals surface area (Å²) in [5.41, 5.74) is 1.27. The molecule has 0 amide bonds. The number of aliphatic hydroxyl groups excluding tert-OH is 1. The van der Waals surface area contributed by atoms with Crippen molar-refractivity contribution >= 4 is 5.97 Å². The topological polar surface area (TPSA) is 60.8 Å². The molecule has 2 unspecified atom stereocenters. The van der Waals surface area contributed by atoms with Gasteiger partial charge in [0.1, 0.15) is 0 Å². The molecular formula is C16H23NO3. The molecule has 1 fully saturated rings. The van der Waals surface area contributed by atoms with Gasteiger partial charge in [0.15, 0.2) is 6.10 Å². The second-order valence-electron chi connectivity index (χ2n) is 5.87. The fourth-order valence-electron chi connectivity index (χ4n) is 3.24. The number of likely N-dealkylation sites (tertiary alicyclic amines) is 1. The summed E-state index contributed by atoms with van der Waals surface area (Å²) in [7, 11) is 0. The van der Waals surface area contributed by atoms with E-state index in [1.54, 1.807) is 0 Å². The fourth-order valence-corrected chi connectivity index (χ4v) is 3.24. The summed E-state index contributed by atoms with van der Waals surface area (Å²) >= 11 is 0. The number of piperidine rings is 1. The van der Waals surface area contributed by atoms with Crippen LogP contribution in [0.1, 0.15) is 32.3 Å². The number of carboxylic acid groups (broad SMARTS) is 1. The van der Waals surface area contributed by atoms with E-state index in [1.165, 1.54) is 5.56 Å². The fraction of sp³-hybridized carbons (Fsp3) is 0.562. The number of rotatable bonds is 4. The molecule has 20 heavy (non-hydrogen) atoms. The molecule has 2 N–H and O–H groups in total. The van der Waals surface area contributed by atoms with Crippen molar-refractivity contribution in [3.05, 3.63) is 35.9 Å². The van der Waals surface area contributed by atoms with E-state index >= 15 is 0 Å². The molecule has 4 nitrogen and oxygen atoms in total. The Bertz CT molecular complexity index is 436. The molecule has 0 spiro atoms. The van der Waals surface area contributed by atoms with Crippen molar-refractivity contribution in [2.45, 2.75) is 51.4 Å². The van der Waals surface area contributed by atoms with Gasteiger partial charge in [-0.3, -0.25) is 4.90 Å². The van der Waals surface area contributed by atoms with E-state index in [0.717, 1.165) is 19.4 Å². The highest BCUT2D eigenvalue weighted by Gasteiger charge is 2.36. The normalized spacial score (nSPS) is 29.1. The summed E-state index contributed by atoms with van der Waals surface area (Å²) in [6.45, 7) is 5.10. The van der Waals surface area contributed by atoms with Crippen molar-refractivity contribution in [1.82, 2.24) is 4.90 Å². The summed E-state index contributed by atoms with van der Waals surface area (Å²) in [6, 6.07) is 10.8. The first kappa shape index (κ1) is 15.0. The average molecular weight is 277 g/mol. The molecule has 1 aromatic carbocycles. The smallest absolute Gasteiger partial charge is 0.332 e. The largest absolute Gasteiger partial charge is 0.479 e. The minimum atomic E-state index is -1.24. The number of nitrogens with zero attached hydrogens (tertiary/aromatic N) is 1. The number of hydrogen-bond acceptors (Lipinski definition) is 3. The van der Waals surface area contributed by atoms with E-state index in [0.29, 0.717) is 0 Å². The predicted octanol–water partition coefficient (Wildman–Crippen LogP) is 2.12. The summed E-state index contributed by atoms with van der Waals surface area (Å²) in [4.78, 5) is 13.3. The van der Waals surface area contributed by atoms with Crippen LogP contribution in [0.2, 0.25) is 0 Å². The third-order valence-corrected chi connectivity index (χ3v) is 4.33. The number of aliphatic carboxylic acids is 1. The maximum absolute atomic E-state index is 10.9. The Balaban J connectivity index is 2.02. The molecule has 4 atom stereocenters. The highest BCUT2D eigenvalue weighted by molar-refractivity contribution is 5.72. The monoisotopic (exact) mass is 277 g/mol. The van der Waals surface area contributed by atoms with Crippen LogP contribution in [0.3, 0.4) is 0 Å². The molecular weight excluding hydrogens is 254 g/mol. The van der Waals surface area contributed by atoms with Crippen LogP contribution < -0.4 is 0 Å². The van der Waals surface area contributed by atoms with Crippen molar-refractivity contribution in [2.24, 2.45) is 5.92 Å². The lowest BCUT2D eigenvalue weighted by Crippen LogP contribution is -2.49. The Morgan fingerprint density at radius 3 is 2.30 bits per heavy atom. The van der Waals surface area contributed by atoms with Gasteiger partial charge in [-0.05, 0) is 38.2 Å². The van der Waals surface area contributed by atoms with Gasteiger partial charge in [-0.2, -0.15) is 0 Å². The van der Waals surface area contributed by atoms with E-state index in [2.05, 4.69) is 30.9 Å². The first-order valence-corrected chi connectivity index (χ1v) is 7.19. The van der Waals surface area contributed by atoms with Gasteiger partial charge >= 0.3 is 5.97 Å². The zero-order valence-electron chi connectivity index (χ0n) is 12.1. The van der Waals surface area contributed by atoms with Gasteiger partial charge in [-0.15, -0.1) is 0 Å². The number of benzene rings is 1. The second-order valence-corrected chi connectivity index (χ2v) is 5.87. The van der Waals surface area contributed by atoms with Gasteiger partial charge < -0.3 is 10.2 Å². The van der Waals surface area contributed by atoms with Gasteiger partial charge in [0.05, 0.1) is 0 Å². The van der Waals surface area contributed by atoms with Gasteiger partial charge in [0.25, 0.3) is 0 Å². The van der Waals surface area contributed by atoms with Crippen molar-refractivity contribution in [2.75, 3.05) is 0 Å².